The number of carbonyl (C=O) groups excluding carboxylic acids is 1. The zero-order chi connectivity index (χ0) is 15.8. The van der Waals surface area contributed by atoms with Crippen molar-refractivity contribution in [1.82, 2.24) is 4.57 Å². The van der Waals surface area contributed by atoms with Crippen LogP contribution in [0.1, 0.15) is 5.56 Å². The quantitative estimate of drug-likeness (QED) is 0.727. The maximum Gasteiger partial charge on any atom is 0.252 e. The molecule has 0 saturated carbocycles. The molecule has 1 aliphatic rings. The summed E-state index contributed by atoms with van der Waals surface area (Å²) in [6, 6.07) is 13.5. The van der Waals surface area contributed by atoms with Crippen molar-refractivity contribution in [2.45, 2.75) is 6.42 Å². The Labute approximate surface area is 136 Å². The molecule has 0 fully saturated rings. The van der Waals surface area contributed by atoms with Gasteiger partial charge in [-0.3, -0.25) is 4.79 Å². The van der Waals surface area contributed by atoms with E-state index in [1.165, 1.54) is 11.3 Å². The van der Waals surface area contributed by atoms with E-state index in [-0.39, 0.29) is 19.1 Å². The summed E-state index contributed by atoms with van der Waals surface area (Å²) in [6.07, 6.45) is 0.241. The normalized spacial score (nSPS) is 13.7. The summed E-state index contributed by atoms with van der Waals surface area (Å²) in [5.41, 5.74) is 1.94. The number of thiazole rings is 1. The lowest BCUT2D eigenvalue weighted by atomic mass is 10.1. The van der Waals surface area contributed by atoms with Crippen LogP contribution in [0.2, 0.25) is 0 Å². The molecule has 0 aliphatic carbocycles. The average molecular weight is 326 g/mol. The maximum atomic E-state index is 12.3. The molecule has 0 unspecified atom stereocenters. The van der Waals surface area contributed by atoms with E-state index in [9.17, 15) is 4.79 Å². The van der Waals surface area contributed by atoms with Gasteiger partial charge in [0.25, 0.3) is 5.91 Å². The van der Waals surface area contributed by atoms with Gasteiger partial charge in [0.1, 0.15) is 0 Å². The van der Waals surface area contributed by atoms with Crippen molar-refractivity contribution in [2.75, 3.05) is 6.79 Å². The third-order valence-electron chi connectivity index (χ3n) is 3.73. The monoisotopic (exact) mass is 326 g/mol. The third kappa shape index (κ3) is 2.61. The smallest absolute Gasteiger partial charge is 0.252 e. The number of hydrogen-bond acceptors (Lipinski definition) is 4. The fourth-order valence-corrected chi connectivity index (χ4v) is 3.60. The first-order chi connectivity index (χ1) is 11.2. The molecule has 0 radical (unpaired) electrons. The molecule has 0 saturated heterocycles. The van der Waals surface area contributed by atoms with Gasteiger partial charge in [0.2, 0.25) is 6.79 Å². The van der Waals surface area contributed by atoms with Gasteiger partial charge in [0, 0.05) is 7.05 Å². The molecule has 1 amide bonds. The van der Waals surface area contributed by atoms with Crippen LogP contribution in [0.4, 0.5) is 0 Å². The van der Waals surface area contributed by atoms with E-state index in [1.54, 1.807) is 0 Å². The van der Waals surface area contributed by atoms with E-state index < -0.39 is 0 Å². The van der Waals surface area contributed by atoms with Crippen molar-refractivity contribution >= 4 is 27.5 Å². The van der Waals surface area contributed by atoms with Crippen LogP contribution in [0, 0.1) is 0 Å². The highest BCUT2D eigenvalue weighted by molar-refractivity contribution is 7.16. The van der Waals surface area contributed by atoms with Gasteiger partial charge in [-0.1, -0.05) is 29.5 Å². The van der Waals surface area contributed by atoms with Gasteiger partial charge in [0.15, 0.2) is 16.3 Å². The number of hydrogen-bond donors (Lipinski definition) is 0. The first kappa shape index (κ1) is 14.0. The Bertz CT molecular complexity index is 971. The molecule has 1 aromatic heterocycles. The average Bonchev–Trinajstić information content (AvgIpc) is 3.12. The molecule has 4 rings (SSSR count). The van der Waals surface area contributed by atoms with Crippen molar-refractivity contribution in [1.29, 1.82) is 0 Å². The molecule has 2 heterocycles. The highest BCUT2D eigenvalue weighted by Crippen LogP contribution is 2.32. The second-order valence-electron chi connectivity index (χ2n) is 5.28. The number of benzene rings is 2. The summed E-state index contributed by atoms with van der Waals surface area (Å²) in [5.74, 6) is 1.22. The molecule has 0 atom stereocenters. The molecule has 0 bridgehead atoms. The van der Waals surface area contributed by atoms with E-state index in [4.69, 9.17) is 9.47 Å². The van der Waals surface area contributed by atoms with Crippen LogP contribution in [0.5, 0.6) is 11.5 Å². The lowest BCUT2D eigenvalue weighted by Gasteiger charge is -2.00. The number of para-hydroxylation sites is 1. The lowest BCUT2D eigenvalue weighted by Crippen LogP contribution is -2.14. The molecular formula is C17H14N2O3S. The van der Waals surface area contributed by atoms with Gasteiger partial charge in [-0.15, -0.1) is 0 Å². The minimum atomic E-state index is -0.175. The van der Waals surface area contributed by atoms with Gasteiger partial charge >= 0.3 is 0 Å². The Hall–Kier alpha value is -2.60. The Morgan fingerprint density at radius 1 is 1.22 bits per heavy atom. The van der Waals surface area contributed by atoms with Gasteiger partial charge in [-0.25, -0.2) is 0 Å². The van der Waals surface area contributed by atoms with Crippen LogP contribution in [0.15, 0.2) is 47.5 Å². The third-order valence-corrected chi connectivity index (χ3v) is 4.84. The van der Waals surface area contributed by atoms with E-state index in [0.717, 1.165) is 15.8 Å². The van der Waals surface area contributed by atoms with Crippen molar-refractivity contribution in [3.8, 4) is 11.5 Å². The van der Waals surface area contributed by atoms with Crippen LogP contribution in [-0.4, -0.2) is 17.3 Å². The van der Waals surface area contributed by atoms with Gasteiger partial charge < -0.3 is 14.0 Å². The SMILES string of the molecule is Cn1c(=NC(=O)Cc2ccc3c(c2)OCO3)sc2ccccc21. The summed E-state index contributed by atoms with van der Waals surface area (Å²) < 4.78 is 13.7. The van der Waals surface area contributed by atoms with Crippen LogP contribution in [0.3, 0.4) is 0 Å². The summed E-state index contributed by atoms with van der Waals surface area (Å²) >= 11 is 1.51. The van der Waals surface area contributed by atoms with Crippen molar-refractivity contribution < 1.29 is 14.3 Å². The topological polar surface area (TPSA) is 52.8 Å². The number of fused-ring (bicyclic) bond motifs is 2. The van der Waals surface area contributed by atoms with Crippen molar-refractivity contribution in [3.63, 3.8) is 0 Å². The van der Waals surface area contributed by atoms with E-state index in [0.29, 0.717) is 16.3 Å². The molecule has 1 aliphatic heterocycles. The first-order valence-corrected chi connectivity index (χ1v) is 8.03. The van der Waals surface area contributed by atoms with Crippen LogP contribution >= 0.6 is 11.3 Å². The Morgan fingerprint density at radius 2 is 2.04 bits per heavy atom. The largest absolute Gasteiger partial charge is 0.454 e. The summed E-state index contributed by atoms with van der Waals surface area (Å²) in [6.45, 7) is 0.231. The fourth-order valence-electron chi connectivity index (χ4n) is 2.56. The van der Waals surface area contributed by atoms with E-state index in [1.807, 2.05) is 54.1 Å². The zero-order valence-corrected chi connectivity index (χ0v) is 13.3. The molecule has 3 aromatic rings. The predicted octanol–water partition coefficient (Wildman–Crippen LogP) is 2.64. The molecule has 116 valence electrons. The Morgan fingerprint density at radius 3 is 2.91 bits per heavy atom. The van der Waals surface area contributed by atoms with Gasteiger partial charge in [-0.05, 0) is 29.8 Å². The summed E-state index contributed by atoms with van der Waals surface area (Å²) in [7, 11) is 1.92. The molecule has 0 N–H and O–H groups in total. The number of ether oxygens (including phenoxy) is 2. The standard InChI is InChI=1S/C17H14N2O3S/c1-19-12-4-2-3-5-15(12)23-17(19)18-16(20)9-11-6-7-13-14(8-11)22-10-21-13/h2-8H,9-10H2,1H3. The van der Waals surface area contributed by atoms with Crippen LogP contribution in [0.25, 0.3) is 10.2 Å². The summed E-state index contributed by atoms with van der Waals surface area (Å²) in [5, 5.41) is 0. The highest BCUT2D eigenvalue weighted by atomic mass is 32.1. The second kappa shape index (κ2) is 5.55. The predicted molar refractivity (Wildman–Crippen MR) is 87.6 cm³/mol. The minimum Gasteiger partial charge on any atom is -0.454 e. The van der Waals surface area contributed by atoms with Crippen molar-refractivity contribution in [3.05, 3.63) is 52.8 Å². The first-order valence-electron chi connectivity index (χ1n) is 7.21. The minimum absolute atomic E-state index is 0.175. The highest BCUT2D eigenvalue weighted by Gasteiger charge is 2.14. The number of amides is 1. The molecule has 0 spiro atoms. The van der Waals surface area contributed by atoms with Crippen LogP contribution in [-0.2, 0) is 18.3 Å². The fraction of sp³-hybridized carbons (Fsp3) is 0.176. The zero-order valence-electron chi connectivity index (χ0n) is 12.5. The number of aryl methyl sites for hydroxylation is 1. The second-order valence-corrected chi connectivity index (χ2v) is 6.29. The molecule has 23 heavy (non-hydrogen) atoms. The molecule has 6 heteroatoms. The lowest BCUT2D eigenvalue weighted by molar-refractivity contribution is -0.117. The van der Waals surface area contributed by atoms with E-state index >= 15 is 0 Å². The van der Waals surface area contributed by atoms with Crippen LogP contribution < -0.4 is 14.3 Å². The molecular weight excluding hydrogens is 312 g/mol. The number of nitrogens with zero attached hydrogens (tertiary/aromatic N) is 2. The maximum absolute atomic E-state index is 12.3. The summed E-state index contributed by atoms with van der Waals surface area (Å²) in [4.78, 5) is 17.2. The molecule has 2 aromatic carbocycles. The van der Waals surface area contributed by atoms with Gasteiger partial charge in [-0.2, -0.15) is 4.99 Å². The Kier molecular flexibility index (Phi) is 3.38. The number of rotatable bonds is 2. The van der Waals surface area contributed by atoms with Gasteiger partial charge in [0.05, 0.1) is 16.6 Å². The number of carbonyl (C=O) groups is 1. The van der Waals surface area contributed by atoms with E-state index in [2.05, 4.69) is 4.99 Å². The van der Waals surface area contributed by atoms with Crippen molar-refractivity contribution in [2.24, 2.45) is 12.0 Å². The number of aromatic nitrogens is 1. The Balaban J connectivity index is 1.62. The molecule has 5 nitrogen and oxygen atoms in total.